The molecule has 0 radical (unpaired) electrons. The van der Waals surface area contributed by atoms with Gasteiger partial charge in [0.2, 0.25) is 0 Å². The smallest absolute Gasteiger partial charge is 0.312 e. The van der Waals surface area contributed by atoms with Crippen molar-refractivity contribution in [3.63, 3.8) is 0 Å². The summed E-state index contributed by atoms with van der Waals surface area (Å²) < 4.78 is 4.94. The van der Waals surface area contributed by atoms with E-state index in [0.29, 0.717) is 19.4 Å². The predicted octanol–water partition coefficient (Wildman–Crippen LogP) is -0.319. The Morgan fingerprint density at radius 2 is 2.15 bits per heavy atom. The van der Waals surface area contributed by atoms with Crippen molar-refractivity contribution in [1.29, 1.82) is 0 Å². The molecule has 4 heteroatoms. The number of cyclic esters (lactones) is 1. The van der Waals surface area contributed by atoms with Crippen molar-refractivity contribution in [3.8, 4) is 0 Å². The van der Waals surface area contributed by atoms with Crippen molar-refractivity contribution < 1.29 is 19.7 Å². The van der Waals surface area contributed by atoms with E-state index in [-0.39, 0.29) is 11.9 Å². The quantitative estimate of drug-likeness (QED) is 0.509. The topological polar surface area (TPSA) is 66.8 Å². The number of hydrogen-bond donors (Lipinski definition) is 2. The highest BCUT2D eigenvalue weighted by Crippen LogP contribution is 2.46. The minimum Gasteiger partial charge on any atom is -0.465 e. The summed E-state index contributed by atoms with van der Waals surface area (Å²) in [5.74, 6) is -0.165. The number of rotatable bonds is 0. The maximum atomic E-state index is 11.4. The molecule has 4 atom stereocenters. The van der Waals surface area contributed by atoms with Gasteiger partial charge in [-0.2, -0.15) is 0 Å². The molecule has 2 N–H and O–H groups in total. The van der Waals surface area contributed by atoms with Crippen LogP contribution in [0.5, 0.6) is 0 Å². The fraction of sp³-hybridized carbons (Fsp3) is 0.889. The summed E-state index contributed by atoms with van der Waals surface area (Å²) in [5.41, 5.74) is -0.571. The fourth-order valence-electron chi connectivity index (χ4n) is 2.29. The highest BCUT2D eigenvalue weighted by Gasteiger charge is 2.53. The molecule has 2 aliphatic rings. The normalized spacial score (nSPS) is 50.1. The van der Waals surface area contributed by atoms with Crippen LogP contribution in [0, 0.1) is 11.3 Å². The molecule has 0 unspecified atom stereocenters. The molecule has 4 nitrogen and oxygen atoms in total. The van der Waals surface area contributed by atoms with Crippen molar-refractivity contribution >= 4 is 5.97 Å². The van der Waals surface area contributed by atoms with Crippen molar-refractivity contribution in [2.75, 3.05) is 6.61 Å². The van der Waals surface area contributed by atoms with E-state index < -0.39 is 17.6 Å². The van der Waals surface area contributed by atoms with Crippen LogP contribution in [0.1, 0.15) is 19.8 Å². The van der Waals surface area contributed by atoms with Crippen LogP contribution in [-0.2, 0) is 9.53 Å². The van der Waals surface area contributed by atoms with Gasteiger partial charge in [0.25, 0.3) is 0 Å². The van der Waals surface area contributed by atoms with E-state index in [1.807, 2.05) is 6.92 Å². The minimum atomic E-state index is -0.785. The highest BCUT2D eigenvalue weighted by molar-refractivity contribution is 5.79. The second-order valence-corrected chi connectivity index (χ2v) is 4.29. The summed E-state index contributed by atoms with van der Waals surface area (Å²) in [6.07, 6.45) is -0.708. The van der Waals surface area contributed by atoms with Gasteiger partial charge in [0.1, 0.15) is 0 Å². The number of ether oxygens (including phenoxy) is 1. The third kappa shape index (κ3) is 1.16. The zero-order valence-corrected chi connectivity index (χ0v) is 7.56. The lowest BCUT2D eigenvalue weighted by Gasteiger charge is -2.37. The van der Waals surface area contributed by atoms with E-state index in [1.165, 1.54) is 0 Å². The largest absolute Gasteiger partial charge is 0.465 e. The molecule has 0 aromatic rings. The van der Waals surface area contributed by atoms with Gasteiger partial charge in [0.15, 0.2) is 0 Å². The van der Waals surface area contributed by atoms with Gasteiger partial charge in [-0.25, -0.2) is 0 Å². The summed E-state index contributed by atoms with van der Waals surface area (Å²) in [4.78, 5) is 11.4. The number of hydrogen-bond acceptors (Lipinski definition) is 4. The number of carbonyl (C=O) groups excluding carboxylic acids is 1. The second kappa shape index (κ2) is 2.69. The first-order chi connectivity index (χ1) is 6.04. The van der Waals surface area contributed by atoms with Crippen LogP contribution < -0.4 is 0 Å². The van der Waals surface area contributed by atoms with Gasteiger partial charge in [-0.3, -0.25) is 4.79 Å². The Morgan fingerprint density at radius 1 is 1.46 bits per heavy atom. The lowest BCUT2D eigenvalue weighted by Crippen LogP contribution is -2.45. The third-order valence-electron chi connectivity index (χ3n) is 3.39. The van der Waals surface area contributed by atoms with E-state index in [4.69, 9.17) is 4.74 Å². The maximum absolute atomic E-state index is 11.4. The van der Waals surface area contributed by atoms with Crippen LogP contribution in [0.3, 0.4) is 0 Å². The van der Waals surface area contributed by atoms with Crippen LogP contribution in [0.4, 0.5) is 0 Å². The Hall–Kier alpha value is -0.610. The molecule has 0 aromatic carbocycles. The molecule has 74 valence electrons. The Labute approximate surface area is 76.5 Å². The Kier molecular flexibility index (Phi) is 1.85. The molecule has 13 heavy (non-hydrogen) atoms. The third-order valence-corrected chi connectivity index (χ3v) is 3.39. The molecule has 2 rings (SSSR count). The Balaban J connectivity index is 2.22. The first kappa shape index (κ1) is 8.97. The van der Waals surface area contributed by atoms with Crippen LogP contribution in [-0.4, -0.2) is 35.0 Å². The second-order valence-electron chi connectivity index (χ2n) is 4.29. The Bertz CT molecular complexity index is 240. The summed E-state index contributed by atoms with van der Waals surface area (Å²) >= 11 is 0. The first-order valence-electron chi connectivity index (χ1n) is 4.57. The number of aliphatic hydroxyl groups is 2. The molecular weight excluding hydrogens is 172 g/mol. The van der Waals surface area contributed by atoms with Gasteiger partial charge in [-0.1, -0.05) is 0 Å². The molecule has 1 saturated heterocycles. The molecular formula is C9H14O4. The van der Waals surface area contributed by atoms with Crippen LogP contribution in [0.2, 0.25) is 0 Å². The highest BCUT2D eigenvalue weighted by atomic mass is 16.5. The lowest BCUT2D eigenvalue weighted by molar-refractivity contribution is -0.150. The first-order valence-corrected chi connectivity index (χ1v) is 4.57. The van der Waals surface area contributed by atoms with Crippen LogP contribution >= 0.6 is 0 Å². The van der Waals surface area contributed by atoms with E-state index in [2.05, 4.69) is 0 Å². The molecule has 0 spiro atoms. The fourth-order valence-corrected chi connectivity index (χ4v) is 2.29. The van der Waals surface area contributed by atoms with Gasteiger partial charge in [-0.05, 0) is 19.8 Å². The minimum absolute atomic E-state index is 0.0680. The number of esters is 1. The molecule has 1 heterocycles. The van der Waals surface area contributed by atoms with E-state index in [9.17, 15) is 15.0 Å². The molecule has 2 fully saturated rings. The summed E-state index contributed by atoms with van der Waals surface area (Å²) in [6, 6.07) is 0. The van der Waals surface area contributed by atoms with Gasteiger partial charge in [-0.15, -0.1) is 0 Å². The zero-order valence-electron chi connectivity index (χ0n) is 7.56. The van der Waals surface area contributed by atoms with Crippen LogP contribution in [0.25, 0.3) is 0 Å². The average Bonchev–Trinajstić information content (AvgIpc) is 2.32. The Morgan fingerprint density at radius 3 is 2.85 bits per heavy atom. The summed E-state index contributed by atoms with van der Waals surface area (Å²) in [5, 5.41) is 18.9. The number of fused-ring (bicyclic) bond motifs is 1. The molecule has 1 saturated carbocycles. The maximum Gasteiger partial charge on any atom is 0.312 e. The monoisotopic (exact) mass is 186 g/mol. The van der Waals surface area contributed by atoms with Crippen molar-refractivity contribution in [3.05, 3.63) is 0 Å². The molecule has 1 aliphatic carbocycles. The summed E-state index contributed by atoms with van der Waals surface area (Å²) in [7, 11) is 0. The van der Waals surface area contributed by atoms with Gasteiger partial charge >= 0.3 is 5.97 Å². The average molecular weight is 186 g/mol. The van der Waals surface area contributed by atoms with Gasteiger partial charge in [0, 0.05) is 5.92 Å². The number of aliphatic hydroxyl groups excluding tert-OH is 2. The molecule has 0 amide bonds. The molecule has 0 bridgehead atoms. The molecule has 1 aliphatic heterocycles. The SMILES string of the molecule is C[C@]12C[C@@H](O)[C@H](O)C[C@H]1COC2=O. The van der Waals surface area contributed by atoms with Gasteiger partial charge < -0.3 is 14.9 Å². The van der Waals surface area contributed by atoms with Crippen LogP contribution in [0.15, 0.2) is 0 Å². The van der Waals surface area contributed by atoms with Gasteiger partial charge in [0.05, 0.1) is 24.2 Å². The predicted molar refractivity (Wildman–Crippen MR) is 43.8 cm³/mol. The van der Waals surface area contributed by atoms with E-state index in [1.54, 1.807) is 0 Å². The zero-order chi connectivity index (χ0) is 9.64. The van der Waals surface area contributed by atoms with Crippen molar-refractivity contribution in [1.82, 2.24) is 0 Å². The van der Waals surface area contributed by atoms with E-state index >= 15 is 0 Å². The van der Waals surface area contributed by atoms with E-state index in [0.717, 1.165) is 0 Å². The van der Waals surface area contributed by atoms with Crippen molar-refractivity contribution in [2.45, 2.75) is 32.0 Å². The molecule has 0 aromatic heterocycles. The lowest BCUT2D eigenvalue weighted by atomic mass is 9.67. The van der Waals surface area contributed by atoms with Crippen molar-refractivity contribution in [2.24, 2.45) is 11.3 Å². The number of carbonyl (C=O) groups is 1. The summed E-state index contributed by atoms with van der Waals surface area (Å²) in [6.45, 7) is 2.20. The standard InChI is InChI=1S/C9H14O4/c1-9-3-7(11)6(10)2-5(9)4-13-8(9)12/h5-7,10-11H,2-4H2,1H3/t5-,6+,7+,9-/m0/s1.